The van der Waals surface area contributed by atoms with Crippen LogP contribution in [0.25, 0.3) is 0 Å². The predicted molar refractivity (Wildman–Crippen MR) is 67.6 cm³/mol. The first-order valence-corrected chi connectivity index (χ1v) is 6.26. The largest absolute Gasteiger partial charge is 0.481 e. The van der Waals surface area contributed by atoms with Gasteiger partial charge in [-0.2, -0.15) is 0 Å². The van der Waals surface area contributed by atoms with Crippen molar-refractivity contribution in [3.63, 3.8) is 0 Å². The van der Waals surface area contributed by atoms with Crippen LogP contribution in [0.2, 0.25) is 0 Å². The van der Waals surface area contributed by atoms with E-state index in [2.05, 4.69) is 9.97 Å². The lowest BCUT2D eigenvalue weighted by Crippen LogP contribution is -2.41. The molecule has 0 bridgehead atoms. The summed E-state index contributed by atoms with van der Waals surface area (Å²) in [7, 11) is 0. The van der Waals surface area contributed by atoms with Gasteiger partial charge in [0.2, 0.25) is 0 Å². The lowest BCUT2D eigenvalue weighted by Gasteiger charge is -2.23. The molecule has 0 saturated carbocycles. The van der Waals surface area contributed by atoms with Crippen molar-refractivity contribution in [2.24, 2.45) is 11.7 Å². The number of H-pyrrole nitrogens is 1. The van der Waals surface area contributed by atoms with Crippen LogP contribution in [0.15, 0.2) is 6.20 Å². The molecule has 0 spiro atoms. The van der Waals surface area contributed by atoms with E-state index in [-0.39, 0.29) is 18.5 Å². The van der Waals surface area contributed by atoms with Gasteiger partial charge in [0.05, 0.1) is 12.1 Å². The van der Waals surface area contributed by atoms with Gasteiger partial charge >= 0.3 is 5.97 Å². The first-order chi connectivity index (χ1) is 8.97. The number of amides is 1. The smallest absolute Gasteiger partial charge is 0.308 e. The number of carbonyl (C=O) groups is 2. The minimum Gasteiger partial charge on any atom is -0.481 e. The first-order valence-electron chi connectivity index (χ1n) is 6.26. The lowest BCUT2D eigenvalue weighted by molar-refractivity contribution is -0.142. The number of hydrogen-bond acceptors (Lipinski definition) is 4. The Morgan fingerprint density at radius 2 is 2.21 bits per heavy atom. The highest BCUT2D eigenvalue weighted by Gasteiger charge is 2.30. The zero-order chi connectivity index (χ0) is 14.0. The van der Waals surface area contributed by atoms with Crippen LogP contribution in [0, 0.1) is 12.8 Å². The van der Waals surface area contributed by atoms with Crippen molar-refractivity contribution in [1.82, 2.24) is 14.9 Å². The Balaban J connectivity index is 2.16. The molecule has 7 nitrogen and oxygen atoms in total. The summed E-state index contributed by atoms with van der Waals surface area (Å²) in [6, 6.07) is -0.183. The van der Waals surface area contributed by atoms with Gasteiger partial charge in [-0.05, 0) is 19.8 Å². The maximum absolute atomic E-state index is 12.3. The Labute approximate surface area is 110 Å². The molecular formula is C12H18N4O3. The average molecular weight is 266 g/mol. The second kappa shape index (κ2) is 5.40. The lowest BCUT2D eigenvalue weighted by atomic mass is 10.0. The third kappa shape index (κ3) is 3.11. The minimum absolute atomic E-state index is 0.183. The molecule has 0 unspecified atom stereocenters. The molecule has 2 atom stereocenters. The third-order valence-corrected chi connectivity index (χ3v) is 3.35. The average Bonchev–Trinajstić information content (AvgIpc) is 2.67. The fourth-order valence-electron chi connectivity index (χ4n) is 2.29. The van der Waals surface area contributed by atoms with E-state index in [0.29, 0.717) is 30.9 Å². The number of aryl methyl sites for hydroxylation is 1. The highest BCUT2D eigenvalue weighted by molar-refractivity contribution is 5.92. The van der Waals surface area contributed by atoms with Crippen molar-refractivity contribution in [3.05, 3.63) is 17.7 Å². The highest BCUT2D eigenvalue weighted by atomic mass is 16.4. The van der Waals surface area contributed by atoms with Crippen molar-refractivity contribution >= 4 is 11.9 Å². The molecule has 1 aliphatic heterocycles. The van der Waals surface area contributed by atoms with Gasteiger partial charge in [-0.25, -0.2) is 4.98 Å². The molecule has 1 fully saturated rings. The number of aliphatic carboxylic acids is 1. The second-order valence-corrected chi connectivity index (χ2v) is 4.97. The van der Waals surface area contributed by atoms with Gasteiger partial charge < -0.3 is 20.7 Å². The van der Waals surface area contributed by atoms with Gasteiger partial charge in [0.1, 0.15) is 11.5 Å². The van der Waals surface area contributed by atoms with E-state index >= 15 is 0 Å². The molecule has 19 heavy (non-hydrogen) atoms. The highest BCUT2D eigenvalue weighted by Crippen LogP contribution is 2.18. The van der Waals surface area contributed by atoms with Crippen LogP contribution >= 0.6 is 0 Å². The van der Waals surface area contributed by atoms with E-state index in [9.17, 15) is 9.59 Å². The van der Waals surface area contributed by atoms with E-state index < -0.39 is 11.9 Å². The van der Waals surface area contributed by atoms with Crippen LogP contribution in [-0.4, -0.2) is 51.0 Å². The molecule has 4 N–H and O–H groups in total. The van der Waals surface area contributed by atoms with Gasteiger partial charge in [0, 0.05) is 19.1 Å². The maximum atomic E-state index is 12.3. The monoisotopic (exact) mass is 266 g/mol. The second-order valence-electron chi connectivity index (χ2n) is 4.97. The molecule has 1 aromatic heterocycles. The molecule has 1 aliphatic rings. The summed E-state index contributed by atoms with van der Waals surface area (Å²) in [6.45, 7) is 2.33. The Kier molecular flexibility index (Phi) is 3.84. The van der Waals surface area contributed by atoms with Crippen molar-refractivity contribution < 1.29 is 14.7 Å². The fraction of sp³-hybridized carbons (Fsp3) is 0.583. The van der Waals surface area contributed by atoms with Gasteiger partial charge in [0.25, 0.3) is 5.91 Å². The van der Waals surface area contributed by atoms with Crippen LogP contribution < -0.4 is 5.73 Å². The number of imidazole rings is 1. The van der Waals surface area contributed by atoms with Gasteiger partial charge in [-0.15, -0.1) is 0 Å². The number of hydrogen-bond donors (Lipinski definition) is 3. The summed E-state index contributed by atoms with van der Waals surface area (Å²) in [5.74, 6) is -1.03. The number of rotatable bonds is 2. The normalized spacial score (nSPS) is 24.0. The number of aromatic nitrogens is 2. The van der Waals surface area contributed by atoms with E-state index in [1.165, 1.54) is 11.1 Å². The van der Waals surface area contributed by atoms with Crippen LogP contribution in [0.1, 0.15) is 29.2 Å². The van der Waals surface area contributed by atoms with E-state index in [0.717, 1.165) is 0 Å². The van der Waals surface area contributed by atoms with Crippen LogP contribution in [0.5, 0.6) is 0 Å². The summed E-state index contributed by atoms with van der Waals surface area (Å²) in [5, 5.41) is 9.12. The van der Waals surface area contributed by atoms with E-state index in [4.69, 9.17) is 10.8 Å². The maximum Gasteiger partial charge on any atom is 0.308 e. The summed E-state index contributed by atoms with van der Waals surface area (Å²) >= 11 is 0. The van der Waals surface area contributed by atoms with E-state index in [1.54, 1.807) is 6.92 Å². The standard InChI is InChI=1S/C12H18N4O3/c1-7-14-4-10(15-7)11(17)16-5-8(12(18)19)2-3-9(13)6-16/h4,8-9H,2-3,5-6,13H2,1H3,(H,14,15)(H,18,19)/t8-,9+/m0/s1. The minimum atomic E-state index is -0.882. The van der Waals surface area contributed by atoms with Crippen LogP contribution in [0.3, 0.4) is 0 Å². The Hall–Kier alpha value is -1.89. The molecule has 0 aromatic carbocycles. The van der Waals surface area contributed by atoms with Crippen LogP contribution in [-0.2, 0) is 4.79 Å². The molecule has 104 valence electrons. The van der Waals surface area contributed by atoms with Crippen molar-refractivity contribution in [2.75, 3.05) is 13.1 Å². The van der Waals surface area contributed by atoms with E-state index in [1.807, 2.05) is 0 Å². The zero-order valence-electron chi connectivity index (χ0n) is 10.8. The number of aromatic amines is 1. The number of nitrogens with zero attached hydrogens (tertiary/aromatic N) is 2. The summed E-state index contributed by atoms with van der Waals surface area (Å²) < 4.78 is 0. The van der Waals surface area contributed by atoms with Crippen LogP contribution in [0.4, 0.5) is 0 Å². The summed E-state index contributed by atoms with van der Waals surface area (Å²) in [5.41, 5.74) is 6.27. The number of likely N-dealkylation sites (tertiary alicyclic amines) is 1. The Morgan fingerprint density at radius 1 is 1.47 bits per heavy atom. The molecule has 1 saturated heterocycles. The quantitative estimate of drug-likeness (QED) is 0.696. The van der Waals surface area contributed by atoms with Crippen molar-refractivity contribution in [2.45, 2.75) is 25.8 Å². The zero-order valence-corrected chi connectivity index (χ0v) is 10.8. The number of carboxylic acids is 1. The molecule has 7 heteroatoms. The van der Waals surface area contributed by atoms with Gasteiger partial charge in [-0.1, -0.05) is 0 Å². The van der Waals surface area contributed by atoms with Crippen molar-refractivity contribution in [1.29, 1.82) is 0 Å². The Morgan fingerprint density at radius 3 is 2.79 bits per heavy atom. The molecule has 2 heterocycles. The first kappa shape index (κ1) is 13.5. The number of nitrogens with one attached hydrogen (secondary N) is 1. The summed E-state index contributed by atoms with van der Waals surface area (Å²) in [6.07, 6.45) is 2.58. The molecule has 1 amide bonds. The Bertz CT molecular complexity index is 485. The molecule has 0 radical (unpaired) electrons. The van der Waals surface area contributed by atoms with Gasteiger partial charge in [0.15, 0.2) is 0 Å². The van der Waals surface area contributed by atoms with Gasteiger partial charge in [-0.3, -0.25) is 9.59 Å². The topological polar surface area (TPSA) is 112 Å². The van der Waals surface area contributed by atoms with Crippen molar-refractivity contribution in [3.8, 4) is 0 Å². The fourth-order valence-corrected chi connectivity index (χ4v) is 2.29. The molecule has 2 rings (SSSR count). The molecular weight excluding hydrogens is 248 g/mol. The molecule has 0 aliphatic carbocycles. The SMILES string of the molecule is Cc1ncc(C(=O)N2C[C@H](N)CC[C@H](C(=O)O)C2)[nH]1. The molecule has 1 aromatic rings. The number of carboxylic acid groups (broad SMARTS) is 1. The number of carbonyl (C=O) groups excluding carboxylic acids is 1. The number of nitrogens with two attached hydrogens (primary N) is 1. The third-order valence-electron chi connectivity index (χ3n) is 3.35. The predicted octanol–water partition coefficient (Wildman–Crippen LogP) is -0.0178. The summed E-state index contributed by atoms with van der Waals surface area (Å²) in [4.78, 5) is 31.8.